The van der Waals surface area contributed by atoms with Crippen LogP contribution in [-0.4, -0.2) is 37.5 Å². The van der Waals surface area contributed by atoms with Gasteiger partial charge in [-0.2, -0.15) is 4.98 Å². The molecular formula is C17H23N5O2. The molecule has 1 saturated heterocycles. The van der Waals surface area contributed by atoms with Crippen LogP contribution in [0.2, 0.25) is 0 Å². The third kappa shape index (κ3) is 3.60. The summed E-state index contributed by atoms with van der Waals surface area (Å²) in [5.74, 6) is 2.28. The molecule has 3 rings (SSSR count). The molecule has 0 radical (unpaired) electrons. The summed E-state index contributed by atoms with van der Waals surface area (Å²) in [6.45, 7) is 6.66. The van der Waals surface area contributed by atoms with Crippen LogP contribution in [0.25, 0.3) is 0 Å². The van der Waals surface area contributed by atoms with Gasteiger partial charge in [0.25, 0.3) is 0 Å². The molecule has 24 heavy (non-hydrogen) atoms. The predicted octanol–water partition coefficient (Wildman–Crippen LogP) is 2.59. The molecule has 0 saturated carbocycles. The van der Waals surface area contributed by atoms with E-state index in [0.29, 0.717) is 24.6 Å². The van der Waals surface area contributed by atoms with Gasteiger partial charge in [-0.3, -0.25) is 4.79 Å². The Bertz CT molecular complexity index is 713. The molecule has 0 unspecified atom stereocenters. The van der Waals surface area contributed by atoms with Crippen LogP contribution in [0.15, 0.2) is 16.8 Å². The molecule has 0 aliphatic carbocycles. The largest absolute Gasteiger partial charge is 0.339 e. The molecule has 3 heterocycles. The van der Waals surface area contributed by atoms with E-state index >= 15 is 0 Å². The van der Waals surface area contributed by atoms with Crippen LogP contribution < -0.4 is 0 Å². The van der Waals surface area contributed by atoms with Crippen molar-refractivity contribution < 1.29 is 9.32 Å². The molecule has 1 atom stereocenters. The van der Waals surface area contributed by atoms with Crippen LogP contribution in [0, 0.1) is 6.92 Å². The molecule has 2 aromatic heterocycles. The Kier molecular flexibility index (Phi) is 4.87. The number of likely N-dealkylation sites (tertiary alicyclic amines) is 1. The predicted molar refractivity (Wildman–Crippen MR) is 87.2 cm³/mol. The van der Waals surface area contributed by atoms with E-state index in [9.17, 15) is 4.79 Å². The molecule has 0 aromatic carbocycles. The second-order valence-electron chi connectivity index (χ2n) is 6.47. The van der Waals surface area contributed by atoms with Gasteiger partial charge in [0.15, 0.2) is 5.82 Å². The Balaban J connectivity index is 1.63. The minimum absolute atomic E-state index is 0.0492. The smallest absolute Gasteiger partial charge is 0.227 e. The summed E-state index contributed by atoms with van der Waals surface area (Å²) in [7, 11) is 0. The van der Waals surface area contributed by atoms with E-state index < -0.39 is 0 Å². The molecule has 7 nitrogen and oxygen atoms in total. The van der Waals surface area contributed by atoms with E-state index in [-0.39, 0.29) is 17.9 Å². The number of rotatable bonds is 5. The maximum atomic E-state index is 12.6. The molecule has 0 spiro atoms. The number of aryl methyl sites for hydroxylation is 2. The van der Waals surface area contributed by atoms with Gasteiger partial charge in [0, 0.05) is 31.5 Å². The van der Waals surface area contributed by atoms with E-state index in [4.69, 9.17) is 4.52 Å². The topological polar surface area (TPSA) is 85.0 Å². The summed E-state index contributed by atoms with van der Waals surface area (Å²) in [6, 6.07) is 1.95. The molecule has 1 aliphatic heterocycles. The van der Waals surface area contributed by atoms with Crippen molar-refractivity contribution in [2.24, 2.45) is 0 Å². The average Bonchev–Trinajstić information content (AvgIpc) is 3.22. The van der Waals surface area contributed by atoms with Gasteiger partial charge in [-0.25, -0.2) is 9.97 Å². The van der Waals surface area contributed by atoms with Gasteiger partial charge in [0.05, 0.1) is 11.7 Å². The quantitative estimate of drug-likeness (QED) is 0.838. The maximum Gasteiger partial charge on any atom is 0.227 e. The highest BCUT2D eigenvalue weighted by atomic mass is 16.5. The highest BCUT2D eigenvalue weighted by Gasteiger charge is 2.31. The van der Waals surface area contributed by atoms with Crippen molar-refractivity contribution in [1.29, 1.82) is 0 Å². The SMILES string of the molecule is Cc1nccc([C@@H]2CCCN2C(=O)CCc2nc(C(C)C)no2)n1. The van der Waals surface area contributed by atoms with Crippen LogP contribution in [0.4, 0.5) is 0 Å². The van der Waals surface area contributed by atoms with Crippen LogP contribution >= 0.6 is 0 Å². The third-order valence-corrected chi connectivity index (χ3v) is 4.27. The number of hydrogen-bond donors (Lipinski definition) is 0. The van der Waals surface area contributed by atoms with Crippen molar-refractivity contribution in [3.8, 4) is 0 Å². The van der Waals surface area contributed by atoms with Gasteiger partial charge in [-0.15, -0.1) is 0 Å². The molecule has 0 N–H and O–H groups in total. The lowest BCUT2D eigenvalue weighted by Gasteiger charge is -2.24. The lowest BCUT2D eigenvalue weighted by atomic mass is 10.1. The first-order valence-electron chi connectivity index (χ1n) is 8.46. The van der Waals surface area contributed by atoms with E-state index in [1.165, 1.54) is 0 Å². The number of carbonyl (C=O) groups excluding carboxylic acids is 1. The van der Waals surface area contributed by atoms with E-state index in [0.717, 1.165) is 30.9 Å². The zero-order valence-corrected chi connectivity index (χ0v) is 14.4. The molecule has 1 amide bonds. The average molecular weight is 329 g/mol. The van der Waals surface area contributed by atoms with Crippen LogP contribution in [-0.2, 0) is 11.2 Å². The molecule has 0 bridgehead atoms. The van der Waals surface area contributed by atoms with Gasteiger partial charge in [0.1, 0.15) is 5.82 Å². The summed E-state index contributed by atoms with van der Waals surface area (Å²) >= 11 is 0. The molecule has 1 fully saturated rings. The summed E-state index contributed by atoms with van der Waals surface area (Å²) in [5.41, 5.74) is 0.924. The number of carbonyl (C=O) groups is 1. The monoisotopic (exact) mass is 329 g/mol. The second-order valence-corrected chi connectivity index (χ2v) is 6.47. The van der Waals surface area contributed by atoms with Gasteiger partial charge in [-0.05, 0) is 25.8 Å². The fourth-order valence-corrected chi connectivity index (χ4v) is 2.99. The molecule has 2 aromatic rings. The molecular weight excluding hydrogens is 306 g/mol. The normalized spacial score (nSPS) is 17.7. The lowest BCUT2D eigenvalue weighted by molar-refractivity contribution is -0.132. The summed E-state index contributed by atoms with van der Waals surface area (Å²) in [4.78, 5) is 27.5. The van der Waals surface area contributed by atoms with Crippen molar-refractivity contribution in [2.75, 3.05) is 6.54 Å². The van der Waals surface area contributed by atoms with Gasteiger partial charge in [-0.1, -0.05) is 19.0 Å². The Morgan fingerprint density at radius 2 is 2.25 bits per heavy atom. The van der Waals surface area contributed by atoms with Crippen molar-refractivity contribution in [2.45, 2.75) is 58.4 Å². The van der Waals surface area contributed by atoms with Gasteiger partial charge < -0.3 is 9.42 Å². The lowest BCUT2D eigenvalue weighted by Crippen LogP contribution is -2.31. The third-order valence-electron chi connectivity index (χ3n) is 4.27. The maximum absolute atomic E-state index is 12.6. The van der Waals surface area contributed by atoms with Crippen LogP contribution in [0.3, 0.4) is 0 Å². The number of nitrogens with zero attached hydrogens (tertiary/aromatic N) is 5. The van der Waals surface area contributed by atoms with Crippen LogP contribution in [0.5, 0.6) is 0 Å². The molecule has 128 valence electrons. The second kappa shape index (κ2) is 7.07. The standard InChI is InChI=1S/C17H23N5O2/c1-11(2)17-20-15(24-21-17)6-7-16(23)22-10-4-5-14(22)13-8-9-18-12(3)19-13/h8-9,11,14H,4-7,10H2,1-3H3/t14-/m0/s1. The fraction of sp³-hybridized carbons (Fsp3) is 0.588. The minimum atomic E-state index is 0.0492. The van der Waals surface area contributed by atoms with Gasteiger partial charge in [0.2, 0.25) is 11.8 Å². The van der Waals surface area contributed by atoms with Crippen LogP contribution in [0.1, 0.15) is 68.3 Å². The van der Waals surface area contributed by atoms with Gasteiger partial charge >= 0.3 is 0 Å². The Morgan fingerprint density at radius 1 is 1.42 bits per heavy atom. The Hall–Kier alpha value is -2.31. The minimum Gasteiger partial charge on any atom is -0.339 e. The summed E-state index contributed by atoms with van der Waals surface area (Å²) in [5, 5.41) is 3.94. The number of amides is 1. The zero-order valence-electron chi connectivity index (χ0n) is 14.4. The molecule has 1 aliphatic rings. The Labute approximate surface area is 141 Å². The first kappa shape index (κ1) is 16.5. The molecule has 7 heteroatoms. The van der Waals surface area contributed by atoms with Crippen molar-refractivity contribution in [3.63, 3.8) is 0 Å². The van der Waals surface area contributed by atoms with Crippen molar-refractivity contribution in [3.05, 3.63) is 35.5 Å². The number of hydrogen-bond acceptors (Lipinski definition) is 6. The van der Waals surface area contributed by atoms with Crippen molar-refractivity contribution in [1.82, 2.24) is 25.0 Å². The summed E-state index contributed by atoms with van der Waals surface area (Å²) < 4.78 is 5.21. The first-order valence-corrected chi connectivity index (χ1v) is 8.46. The van der Waals surface area contributed by atoms with Crippen molar-refractivity contribution >= 4 is 5.91 Å². The number of aromatic nitrogens is 4. The first-order chi connectivity index (χ1) is 11.5. The van der Waals surface area contributed by atoms with E-state index in [2.05, 4.69) is 20.1 Å². The summed E-state index contributed by atoms with van der Waals surface area (Å²) in [6.07, 6.45) is 4.55. The highest BCUT2D eigenvalue weighted by Crippen LogP contribution is 2.31. The zero-order chi connectivity index (χ0) is 17.1. The fourth-order valence-electron chi connectivity index (χ4n) is 2.99. The van der Waals surface area contributed by atoms with E-state index in [1.54, 1.807) is 6.20 Å². The Morgan fingerprint density at radius 3 is 2.96 bits per heavy atom. The highest BCUT2D eigenvalue weighted by molar-refractivity contribution is 5.77. The van der Waals surface area contributed by atoms with E-state index in [1.807, 2.05) is 31.7 Å².